The van der Waals surface area contributed by atoms with Crippen molar-refractivity contribution in [1.82, 2.24) is 20.8 Å². The zero-order valence-corrected chi connectivity index (χ0v) is 12.3. The standard InChI is InChI=1S/C15H17ClN4O/c16-13-6-2-1-5-11(13)14-12(9-18-20-14)15(21)19-10-4-3-7-17-8-10/h1-2,5-6,9-10,17H,3-4,7-8H2,(H,18,20)(H,19,21). The number of carbonyl (C=O) groups is 1. The molecule has 0 radical (unpaired) electrons. The molecule has 2 heterocycles. The van der Waals surface area contributed by atoms with Crippen molar-refractivity contribution in [3.8, 4) is 11.3 Å². The normalized spacial score (nSPS) is 18.4. The topological polar surface area (TPSA) is 69.8 Å². The summed E-state index contributed by atoms with van der Waals surface area (Å²) in [5.41, 5.74) is 1.96. The van der Waals surface area contributed by atoms with E-state index in [4.69, 9.17) is 11.6 Å². The summed E-state index contributed by atoms with van der Waals surface area (Å²) in [5, 5.41) is 13.8. The Balaban J connectivity index is 1.82. The predicted octanol–water partition coefficient (Wildman–Crippen LogP) is 2.21. The number of nitrogens with one attached hydrogen (secondary N) is 3. The first-order chi connectivity index (χ1) is 10.3. The van der Waals surface area contributed by atoms with Crippen LogP contribution in [0.4, 0.5) is 0 Å². The van der Waals surface area contributed by atoms with Crippen LogP contribution >= 0.6 is 11.6 Å². The fourth-order valence-electron chi connectivity index (χ4n) is 2.57. The monoisotopic (exact) mass is 304 g/mol. The van der Waals surface area contributed by atoms with Crippen molar-refractivity contribution in [1.29, 1.82) is 0 Å². The largest absolute Gasteiger partial charge is 0.348 e. The molecule has 5 nitrogen and oxygen atoms in total. The van der Waals surface area contributed by atoms with Gasteiger partial charge in [0.05, 0.1) is 17.5 Å². The maximum absolute atomic E-state index is 12.4. The van der Waals surface area contributed by atoms with Gasteiger partial charge in [0, 0.05) is 23.2 Å². The minimum atomic E-state index is -0.118. The molecule has 1 fully saturated rings. The van der Waals surface area contributed by atoms with Crippen molar-refractivity contribution in [2.24, 2.45) is 0 Å². The number of aromatic nitrogens is 2. The molecular weight excluding hydrogens is 288 g/mol. The number of piperidine rings is 1. The van der Waals surface area contributed by atoms with Crippen LogP contribution < -0.4 is 10.6 Å². The van der Waals surface area contributed by atoms with Gasteiger partial charge in [-0.1, -0.05) is 29.8 Å². The summed E-state index contributed by atoms with van der Waals surface area (Å²) in [4.78, 5) is 12.4. The molecule has 1 aliphatic rings. The molecule has 110 valence electrons. The summed E-state index contributed by atoms with van der Waals surface area (Å²) in [7, 11) is 0. The van der Waals surface area contributed by atoms with Crippen LogP contribution in [0.5, 0.6) is 0 Å². The van der Waals surface area contributed by atoms with E-state index in [0.29, 0.717) is 16.3 Å². The van der Waals surface area contributed by atoms with Crippen LogP contribution in [0.15, 0.2) is 30.5 Å². The molecule has 1 aromatic heterocycles. The lowest BCUT2D eigenvalue weighted by molar-refractivity contribution is 0.0931. The highest BCUT2D eigenvalue weighted by atomic mass is 35.5. The highest BCUT2D eigenvalue weighted by Gasteiger charge is 2.21. The van der Waals surface area contributed by atoms with Gasteiger partial charge in [0.2, 0.25) is 0 Å². The molecule has 3 N–H and O–H groups in total. The van der Waals surface area contributed by atoms with E-state index in [1.54, 1.807) is 12.3 Å². The van der Waals surface area contributed by atoms with Crippen LogP contribution in [0, 0.1) is 0 Å². The number of nitrogens with zero attached hydrogens (tertiary/aromatic N) is 1. The van der Waals surface area contributed by atoms with E-state index < -0.39 is 0 Å². The molecule has 1 aliphatic heterocycles. The number of halogens is 1. The summed E-state index contributed by atoms with van der Waals surface area (Å²) in [6, 6.07) is 7.57. The summed E-state index contributed by atoms with van der Waals surface area (Å²) >= 11 is 6.19. The van der Waals surface area contributed by atoms with Gasteiger partial charge in [-0.15, -0.1) is 0 Å². The van der Waals surface area contributed by atoms with Crippen molar-refractivity contribution < 1.29 is 4.79 Å². The van der Waals surface area contributed by atoms with E-state index in [-0.39, 0.29) is 11.9 Å². The number of rotatable bonds is 3. The van der Waals surface area contributed by atoms with Crippen LogP contribution in [0.3, 0.4) is 0 Å². The lowest BCUT2D eigenvalue weighted by Gasteiger charge is -2.23. The van der Waals surface area contributed by atoms with E-state index in [2.05, 4.69) is 20.8 Å². The lowest BCUT2D eigenvalue weighted by atomic mass is 10.1. The molecule has 1 aromatic carbocycles. The van der Waals surface area contributed by atoms with E-state index in [1.807, 2.05) is 18.2 Å². The molecule has 0 spiro atoms. The van der Waals surface area contributed by atoms with E-state index in [9.17, 15) is 4.79 Å². The molecule has 6 heteroatoms. The van der Waals surface area contributed by atoms with Gasteiger partial charge in [-0.05, 0) is 25.5 Å². The minimum absolute atomic E-state index is 0.118. The third-order valence-corrected chi connectivity index (χ3v) is 3.99. The molecule has 1 saturated heterocycles. The zero-order valence-electron chi connectivity index (χ0n) is 11.5. The molecule has 2 aromatic rings. The van der Waals surface area contributed by atoms with Gasteiger partial charge in [0.25, 0.3) is 5.91 Å². The quantitative estimate of drug-likeness (QED) is 0.814. The van der Waals surface area contributed by atoms with Gasteiger partial charge in [-0.3, -0.25) is 9.89 Å². The highest BCUT2D eigenvalue weighted by Crippen LogP contribution is 2.28. The van der Waals surface area contributed by atoms with Crippen LogP contribution in [-0.4, -0.2) is 35.2 Å². The molecule has 1 atom stereocenters. The number of benzene rings is 1. The number of carbonyl (C=O) groups excluding carboxylic acids is 1. The van der Waals surface area contributed by atoms with Crippen LogP contribution in [0.2, 0.25) is 5.02 Å². The Morgan fingerprint density at radius 2 is 2.24 bits per heavy atom. The molecule has 0 bridgehead atoms. The summed E-state index contributed by atoms with van der Waals surface area (Å²) < 4.78 is 0. The van der Waals surface area contributed by atoms with Crippen molar-refractivity contribution in [3.63, 3.8) is 0 Å². The van der Waals surface area contributed by atoms with Gasteiger partial charge in [0.15, 0.2) is 0 Å². The molecule has 21 heavy (non-hydrogen) atoms. The number of amides is 1. The molecule has 1 amide bonds. The third kappa shape index (κ3) is 3.09. The van der Waals surface area contributed by atoms with Crippen LogP contribution in [-0.2, 0) is 0 Å². The van der Waals surface area contributed by atoms with Gasteiger partial charge < -0.3 is 10.6 Å². The molecule has 0 saturated carbocycles. The van der Waals surface area contributed by atoms with Gasteiger partial charge in [0.1, 0.15) is 0 Å². The SMILES string of the molecule is O=C(NC1CCCNC1)c1cn[nH]c1-c1ccccc1Cl. The van der Waals surface area contributed by atoms with Crippen molar-refractivity contribution in [2.45, 2.75) is 18.9 Å². The molecular formula is C15H17ClN4O. The predicted molar refractivity (Wildman–Crippen MR) is 82.4 cm³/mol. The molecule has 0 aliphatic carbocycles. The first kappa shape index (κ1) is 14.1. The van der Waals surface area contributed by atoms with Crippen LogP contribution in [0.1, 0.15) is 23.2 Å². The molecule has 3 rings (SSSR count). The maximum Gasteiger partial charge on any atom is 0.255 e. The number of hydrogen-bond acceptors (Lipinski definition) is 3. The van der Waals surface area contributed by atoms with Crippen molar-refractivity contribution in [3.05, 3.63) is 41.0 Å². The number of H-pyrrole nitrogens is 1. The number of aromatic amines is 1. The van der Waals surface area contributed by atoms with Crippen LogP contribution in [0.25, 0.3) is 11.3 Å². The minimum Gasteiger partial charge on any atom is -0.348 e. The zero-order chi connectivity index (χ0) is 14.7. The second-order valence-corrected chi connectivity index (χ2v) is 5.56. The Morgan fingerprint density at radius 3 is 3.00 bits per heavy atom. The van der Waals surface area contributed by atoms with Crippen molar-refractivity contribution >= 4 is 17.5 Å². The first-order valence-electron chi connectivity index (χ1n) is 7.05. The summed E-state index contributed by atoms with van der Waals surface area (Å²) in [5.74, 6) is -0.118. The van der Waals surface area contributed by atoms with Gasteiger partial charge in [-0.2, -0.15) is 5.10 Å². The average molecular weight is 305 g/mol. The first-order valence-corrected chi connectivity index (χ1v) is 7.43. The Labute approximate surface area is 128 Å². The Bertz CT molecular complexity index is 634. The maximum atomic E-state index is 12.4. The fraction of sp³-hybridized carbons (Fsp3) is 0.333. The second kappa shape index (κ2) is 6.28. The molecule has 1 unspecified atom stereocenters. The average Bonchev–Trinajstić information content (AvgIpc) is 2.98. The van der Waals surface area contributed by atoms with Gasteiger partial charge in [-0.25, -0.2) is 0 Å². The van der Waals surface area contributed by atoms with E-state index in [1.165, 1.54) is 0 Å². The third-order valence-electron chi connectivity index (χ3n) is 3.66. The summed E-state index contributed by atoms with van der Waals surface area (Å²) in [6.45, 7) is 1.83. The lowest BCUT2D eigenvalue weighted by Crippen LogP contribution is -2.45. The van der Waals surface area contributed by atoms with Crippen molar-refractivity contribution in [2.75, 3.05) is 13.1 Å². The Hall–Kier alpha value is -1.85. The fourth-order valence-corrected chi connectivity index (χ4v) is 2.80. The van der Waals surface area contributed by atoms with E-state index in [0.717, 1.165) is 31.5 Å². The Kier molecular flexibility index (Phi) is 4.22. The number of hydrogen-bond donors (Lipinski definition) is 3. The smallest absolute Gasteiger partial charge is 0.255 e. The summed E-state index contributed by atoms with van der Waals surface area (Å²) in [6.07, 6.45) is 3.62. The Morgan fingerprint density at radius 1 is 1.38 bits per heavy atom. The second-order valence-electron chi connectivity index (χ2n) is 5.16. The van der Waals surface area contributed by atoms with E-state index >= 15 is 0 Å². The van der Waals surface area contributed by atoms with Gasteiger partial charge >= 0.3 is 0 Å². The highest BCUT2D eigenvalue weighted by molar-refractivity contribution is 6.33.